The molecule has 21 heavy (non-hydrogen) atoms. The number of nitrogens with zero attached hydrogens (tertiary/aromatic N) is 2. The lowest BCUT2D eigenvalue weighted by Gasteiger charge is -2.09. The van der Waals surface area contributed by atoms with Crippen molar-refractivity contribution < 1.29 is 14.3 Å². The lowest BCUT2D eigenvalue weighted by atomic mass is 10.2. The molecule has 0 unspecified atom stereocenters. The molecule has 1 aromatic carbocycles. The van der Waals surface area contributed by atoms with Crippen LogP contribution in [-0.4, -0.2) is 22.5 Å². The number of anilines is 1. The quantitative estimate of drug-likeness (QED) is 0.672. The van der Waals surface area contributed by atoms with Crippen LogP contribution in [0.5, 0.6) is 11.8 Å². The molecule has 0 atom stereocenters. The average molecular weight is 352 g/mol. The van der Waals surface area contributed by atoms with E-state index in [9.17, 15) is 4.79 Å². The van der Waals surface area contributed by atoms with Crippen molar-refractivity contribution in [2.75, 3.05) is 12.3 Å². The number of aryl methyl sites for hydroxylation is 1. The molecular weight excluding hydrogens is 338 g/mol. The molecule has 0 aliphatic carbocycles. The minimum atomic E-state index is -0.452. The summed E-state index contributed by atoms with van der Waals surface area (Å²) in [5.74, 6) is 0.0463. The van der Waals surface area contributed by atoms with Crippen LogP contribution in [0.3, 0.4) is 0 Å². The zero-order valence-corrected chi connectivity index (χ0v) is 13.2. The third-order valence-corrected chi connectivity index (χ3v) is 3.50. The Balaban J connectivity index is 2.24. The monoisotopic (exact) mass is 351 g/mol. The number of nitrogens with two attached hydrogens (primary N) is 1. The Morgan fingerprint density at radius 3 is 2.86 bits per heavy atom. The SMILES string of the molecule is CCOC(=O)c1cnc(Oc2cccc(N)c2Br)nc1C. The summed E-state index contributed by atoms with van der Waals surface area (Å²) in [5, 5.41) is 0. The van der Waals surface area contributed by atoms with Gasteiger partial charge in [-0.2, -0.15) is 4.98 Å². The van der Waals surface area contributed by atoms with Gasteiger partial charge in [-0.3, -0.25) is 0 Å². The van der Waals surface area contributed by atoms with Crippen LogP contribution in [-0.2, 0) is 4.74 Å². The Hall–Kier alpha value is -2.15. The first-order valence-corrected chi connectivity index (χ1v) is 7.04. The van der Waals surface area contributed by atoms with Gasteiger partial charge < -0.3 is 15.2 Å². The molecule has 2 aromatic rings. The van der Waals surface area contributed by atoms with Crippen molar-refractivity contribution in [3.8, 4) is 11.8 Å². The third kappa shape index (κ3) is 3.49. The first-order chi connectivity index (χ1) is 10.0. The highest BCUT2D eigenvalue weighted by Crippen LogP contribution is 2.32. The van der Waals surface area contributed by atoms with Gasteiger partial charge in [0.25, 0.3) is 0 Å². The van der Waals surface area contributed by atoms with Gasteiger partial charge in [-0.1, -0.05) is 6.07 Å². The second-order valence-electron chi connectivity index (χ2n) is 4.13. The maximum Gasteiger partial charge on any atom is 0.341 e. The molecule has 0 radical (unpaired) electrons. The van der Waals surface area contributed by atoms with Gasteiger partial charge in [-0.15, -0.1) is 0 Å². The number of halogens is 1. The maximum atomic E-state index is 11.7. The minimum absolute atomic E-state index is 0.131. The number of hydrogen-bond donors (Lipinski definition) is 1. The number of rotatable bonds is 4. The van der Waals surface area contributed by atoms with Crippen LogP contribution >= 0.6 is 15.9 Å². The summed E-state index contributed by atoms with van der Waals surface area (Å²) in [4.78, 5) is 19.8. The third-order valence-electron chi connectivity index (χ3n) is 2.65. The Labute approximate surface area is 130 Å². The second kappa shape index (κ2) is 6.53. The topological polar surface area (TPSA) is 87.3 Å². The summed E-state index contributed by atoms with van der Waals surface area (Å²) in [7, 11) is 0. The molecule has 1 heterocycles. The van der Waals surface area contributed by atoms with E-state index >= 15 is 0 Å². The summed E-state index contributed by atoms with van der Waals surface area (Å²) < 4.78 is 11.1. The minimum Gasteiger partial charge on any atom is -0.462 e. The number of carbonyl (C=O) groups is 1. The van der Waals surface area contributed by atoms with Gasteiger partial charge in [0.2, 0.25) is 0 Å². The van der Waals surface area contributed by atoms with Crippen LogP contribution < -0.4 is 10.5 Å². The van der Waals surface area contributed by atoms with E-state index in [0.29, 0.717) is 33.8 Å². The molecule has 1 aromatic heterocycles. The zero-order chi connectivity index (χ0) is 15.4. The molecule has 0 bridgehead atoms. The number of nitrogen functional groups attached to an aromatic ring is 1. The normalized spacial score (nSPS) is 10.2. The van der Waals surface area contributed by atoms with Gasteiger partial charge in [0, 0.05) is 11.9 Å². The smallest absolute Gasteiger partial charge is 0.341 e. The van der Waals surface area contributed by atoms with Gasteiger partial charge in [-0.05, 0) is 41.9 Å². The fourth-order valence-electron chi connectivity index (χ4n) is 1.61. The van der Waals surface area contributed by atoms with Crippen LogP contribution in [0.15, 0.2) is 28.9 Å². The number of benzene rings is 1. The van der Waals surface area contributed by atoms with E-state index in [0.717, 1.165) is 0 Å². The average Bonchev–Trinajstić information content (AvgIpc) is 2.44. The number of aromatic nitrogens is 2. The van der Waals surface area contributed by atoms with E-state index in [2.05, 4.69) is 25.9 Å². The van der Waals surface area contributed by atoms with Crippen molar-refractivity contribution in [1.82, 2.24) is 9.97 Å². The van der Waals surface area contributed by atoms with Crippen LogP contribution in [0.1, 0.15) is 23.0 Å². The molecule has 0 aliphatic heterocycles. The van der Waals surface area contributed by atoms with E-state index in [4.69, 9.17) is 15.2 Å². The van der Waals surface area contributed by atoms with Gasteiger partial charge in [0.1, 0.15) is 5.75 Å². The Morgan fingerprint density at radius 2 is 2.19 bits per heavy atom. The molecule has 2 rings (SSSR count). The highest BCUT2D eigenvalue weighted by molar-refractivity contribution is 9.10. The molecule has 2 N–H and O–H groups in total. The standard InChI is InChI=1S/C14H14BrN3O3/c1-3-20-13(19)9-7-17-14(18-8(9)2)21-11-6-4-5-10(16)12(11)15/h4-7H,3,16H2,1-2H3. The zero-order valence-electron chi connectivity index (χ0n) is 11.6. The number of carbonyl (C=O) groups excluding carboxylic acids is 1. The molecule has 7 heteroatoms. The van der Waals surface area contributed by atoms with E-state index in [-0.39, 0.29) is 6.01 Å². The van der Waals surface area contributed by atoms with E-state index in [1.165, 1.54) is 6.20 Å². The summed E-state index contributed by atoms with van der Waals surface area (Å²) in [6.07, 6.45) is 1.38. The molecule has 0 aliphatic rings. The van der Waals surface area contributed by atoms with Crippen LogP contribution in [0.2, 0.25) is 0 Å². The van der Waals surface area contributed by atoms with Crippen molar-refractivity contribution in [1.29, 1.82) is 0 Å². The second-order valence-corrected chi connectivity index (χ2v) is 4.93. The Kier molecular flexibility index (Phi) is 4.74. The van der Waals surface area contributed by atoms with Gasteiger partial charge in [0.15, 0.2) is 0 Å². The summed E-state index contributed by atoms with van der Waals surface area (Å²) in [6.45, 7) is 3.73. The van der Waals surface area contributed by atoms with Crippen LogP contribution in [0, 0.1) is 6.92 Å². The predicted octanol–water partition coefficient (Wildman–Crippen LogP) is 3.10. The summed E-state index contributed by atoms with van der Waals surface area (Å²) in [5.41, 5.74) is 7.12. The predicted molar refractivity (Wildman–Crippen MR) is 81.4 cm³/mol. The van der Waals surface area contributed by atoms with Crippen LogP contribution in [0.25, 0.3) is 0 Å². The fourth-order valence-corrected chi connectivity index (χ4v) is 1.95. The van der Waals surface area contributed by atoms with Crippen molar-refractivity contribution in [3.05, 3.63) is 40.1 Å². The van der Waals surface area contributed by atoms with Gasteiger partial charge >= 0.3 is 12.0 Å². The lowest BCUT2D eigenvalue weighted by Crippen LogP contribution is -2.09. The highest BCUT2D eigenvalue weighted by Gasteiger charge is 2.14. The number of hydrogen-bond acceptors (Lipinski definition) is 6. The summed E-state index contributed by atoms with van der Waals surface area (Å²) in [6, 6.07) is 5.37. The van der Waals surface area contributed by atoms with E-state index < -0.39 is 5.97 Å². The summed E-state index contributed by atoms with van der Waals surface area (Å²) >= 11 is 3.33. The van der Waals surface area contributed by atoms with Crippen molar-refractivity contribution in [2.24, 2.45) is 0 Å². The van der Waals surface area contributed by atoms with Gasteiger partial charge in [-0.25, -0.2) is 9.78 Å². The van der Waals surface area contributed by atoms with Gasteiger partial charge in [0.05, 0.1) is 22.3 Å². The first kappa shape index (κ1) is 15.2. The molecule has 0 amide bonds. The van der Waals surface area contributed by atoms with Crippen molar-refractivity contribution >= 4 is 27.6 Å². The number of esters is 1. The molecule has 110 valence electrons. The van der Waals surface area contributed by atoms with E-state index in [1.807, 2.05) is 0 Å². The molecule has 6 nitrogen and oxygen atoms in total. The lowest BCUT2D eigenvalue weighted by molar-refractivity contribution is 0.0524. The molecule has 0 saturated carbocycles. The fraction of sp³-hybridized carbons (Fsp3) is 0.214. The molecular formula is C14H14BrN3O3. The maximum absolute atomic E-state index is 11.7. The van der Waals surface area contributed by atoms with Crippen molar-refractivity contribution in [3.63, 3.8) is 0 Å². The van der Waals surface area contributed by atoms with Crippen molar-refractivity contribution in [2.45, 2.75) is 13.8 Å². The van der Waals surface area contributed by atoms with Crippen LogP contribution in [0.4, 0.5) is 5.69 Å². The first-order valence-electron chi connectivity index (χ1n) is 6.25. The molecule has 0 fully saturated rings. The Morgan fingerprint density at radius 1 is 1.43 bits per heavy atom. The number of ether oxygens (including phenoxy) is 2. The Bertz CT molecular complexity index is 677. The molecule has 0 saturated heterocycles. The van der Waals surface area contributed by atoms with E-state index in [1.54, 1.807) is 32.0 Å². The highest BCUT2D eigenvalue weighted by atomic mass is 79.9. The molecule has 0 spiro atoms. The largest absolute Gasteiger partial charge is 0.462 e.